The average molecular weight is 421 g/mol. The van der Waals surface area contributed by atoms with Crippen molar-refractivity contribution in [3.05, 3.63) is 48.8 Å². The van der Waals surface area contributed by atoms with Crippen molar-refractivity contribution in [1.29, 1.82) is 0 Å². The minimum atomic E-state index is 0.426. The van der Waals surface area contributed by atoms with Gasteiger partial charge in [0.2, 0.25) is 0 Å². The van der Waals surface area contributed by atoms with Gasteiger partial charge in [0, 0.05) is 37.7 Å². The average Bonchev–Trinajstić information content (AvgIpc) is 3.20. The third-order valence-corrected chi connectivity index (χ3v) is 4.47. The molecule has 0 radical (unpaired) electrons. The molecule has 160 valence electrons. The molecule has 4 aromatic heterocycles. The highest BCUT2D eigenvalue weighted by atomic mass is 16.5. The van der Waals surface area contributed by atoms with E-state index in [4.69, 9.17) is 14.2 Å². The molecule has 0 aromatic carbocycles. The predicted octanol–water partition coefficient (Wildman–Crippen LogP) is 3.01. The Kier molecular flexibility index (Phi) is 6.08. The summed E-state index contributed by atoms with van der Waals surface area (Å²) in [4.78, 5) is 13.5. The monoisotopic (exact) mass is 421 g/mol. The molecule has 4 rings (SSSR count). The Morgan fingerprint density at radius 3 is 2.65 bits per heavy atom. The lowest BCUT2D eigenvalue weighted by molar-refractivity contribution is 0.210. The lowest BCUT2D eigenvalue weighted by Gasteiger charge is -2.08. The van der Waals surface area contributed by atoms with Crippen molar-refractivity contribution < 1.29 is 14.2 Å². The number of pyridine rings is 2. The van der Waals surface area contributed by atoms with Crippen LogP contribution < -0.4 is 20.1 Å². The van der Waals surface area contributed by atoms with E-state index in [0.29, 0.717) is 42.1 Å². The van der Waals surface area contributed by atoms with Crippen LogP contribution in [0.3, 0.4) is 0 Å². The number of hydrogen-bond donors (Lipinski definition) is 2. The zero-order valence-electron chi connectivity index (χ0n) is 17.5. The number of methoxy groups -OCH3 is 3. The molecule has 31 heavy (non-hydrogen) atoms. The minimum absolute atomic E-state index is 0.426. The number of ether oxygens (including phenoxy) is 3. The van der Waals surface area contributed by atoms with E-state index in [1.54, 1.807) is 32.0 Å². The molecule has 0 saturated heterocycles. The van der Waals surface area contributed by atoms with Gasteiger partial charge >= 0.3 is 0 Å². The first-order valence-electron chi connectivity index (χ1n) is 9.62. The normalized spacial score (nSPS) is 10.8. The molecule has 4 aromatic rings. The number of rotatable bonds is 9. The van der Waals surface area contributed by atoms with Gasteiger partial charge in [0.15, 0.2) is 17.2 Å². The second kappa shape index (κ2) is 9.26. The molecule has 0 fully saturated rings. The van der Waals surface area contributed by atoms with Gasteiger partial charge in [-0.1, -0.05) is 6.07 Å². The Labute approximate surface area is 179 Å². The van der Waals surface area contributed by atoms with Gasteiger partial charge in [-0.25, -0.2) is 19.5 Å². The molecular weight excluding hydrogens is 398 g/mol. The number of hydrogen-bond acceptors (Lipinski definition) is 9. The molecule has 0 aliphatic rings. The van der Waals surface area contributed by atoms with Crippen LogP contribution in [-0.2, 0) is 4.74 Å². The van der Waals surface area contributed by atoms with Gasteiger partial charge in [0.25, 0.3) is 5.88 Å². The summed E-state index contributed by atoms with van der Waals surface area (Å²) in [6.07, 6.45) is 3.54. The fourth-order valence-corrected chi connectivity index (χ4v) is 2.99. The van der Waals surface area contributed by atoms with Crippen LogP contribution in [-0.4, -0.2) is 59.0 Å². The fourth-order valence-electron chi connectivity index (χ4n) is 2.99. The molecule has 0 amide bonds. The van der Waals surface area contributed by atoms with Gasteiger partial charge in [-0.2, -0.15) is 0 Å². The highest BCUT2D eigenvalue weighted by Gasteiger charge is 2.11. The van der Waals surface area contributed by atoms with Crippen molar-refractivity contribution >= 4 is 23.1 Å². The van der Waals surface area contributed by atoms with Gasteiger partial charge in [-0.3, -0.25) is 0 Å². The highest BCUT2D eigenvalue weighted by Crippen LogP contribution is 2.29. The van der Waals surface area contributed by atoms with Crippen LogP contribution in [0.25, 0.3) is 16.9 Å². The van der Waals surface area contributed by atoms with Gasteiger partial charge in [0.1, 0.15) is 11.6 Å². The Bertz CT molecular complexity index is 1180. The van der Waals surface area contributed by atoms with Gasteiger partial charge in [-0.05, 0) is 24.3 Å². The first-order chi connectivity index (χ1) is 15.2. The molecule has 0 spiro atoms. The molecule has 0 aliphatic carbocycles. The van der Waals surface area contributed by atoms with E-state index in [0.717, 1.165) is 17.1 Å². The summed E-state index contributed by atoms with van der Waals surface area (Å²) in [7, 11) is 4.79. The van der Waals surface area contributed by atoms with Crippen LogP contribution in [0.4, 0.5) is 17.5 Å². The molecule has 10 heteroatoms. The molecule has 0 aliphatic heterocycles. The Balaban J connectivity index is 1.55. The smallest absolute Gasteiger partial charge is 0.256 e. The lowest BCUT2D eigenvalue weighted by atomic mass is 10.2. The van der Waals surface area contributed by atoms with Crippen LogP contribution >= 0.6 is 0 Å². The van der Waals surface area contributed by atoms with Crippen molar-refractivity contribution in [1.82, 2.24) is 24.6 Å². The van der Waals surface area contributed by atoms with Gasteiger partial charge < -0.3 is 24.8 Å². The van der Waals surface area contributed by atoms with Crippen molar-refractivity contribution in [2.45, 2.75) is 0 Å². The second-order valence-corrected chi connectivity index (χ2v) is 6.53. The largest absolute Gasteiger partial charge is 0.491 e. The van der Waals surface area contributed by atoms with Crippen molar-refractivity contribution in [3.63, 3.8) is 0 Å². The van der Waals surface area contributed by atoms with Crippen LogP contribution in [0.2, 0.25) is 0 Å². The van der Waals surface area contributed by atoms with Crippen LogP contribution in [0, 0.1) is 0 Å². The number of anilines is 3. The lowest BCUT2D eigenvalue weighted by Crippen LogP contribution is -2.09. The third kappa shape index (κ3) is 4.64. The van der Waals surface area contributed by atoms with E-state index < -0.39 is 0 Å². The summed E-state index contributed by atoms with van der Waals surface area (Å²) in [5.74, 6) is 3.04. The van der Waals surface area contributed by atoms with E-state index in [9.17, 15) is 0 Å². The van der Waals surface area contributed by atoms with Crippen LogP contribution in [0.1, 0.15) is 0 Å². The molecule has 0 saturated carbocycles. The molecule has 4 heterocycles. The van der Waals surface area contributed by atoms with Gasteiger partial charge in [0.05, 0.1) is 26.5 Å². The maximum Gasteiger partial charge on any atom is 0.256 e. The van der Waals surface area contributed by atoms with Crippen LogP contribution in [0.5, 0.6) is 11.6 Å². The molecule has 0 unspecified atom stereocenters. The van der Waals surface area contributed by atoms with Gasteiger partial charge in [-0.15, -0.1) is 5.10 Å². The maximum atomic E-state index is 5.33. The summed E-state index contributed by atoms with van der Waals surface area (Å²) in [6, 6.07) is 11.2. The zero-order valence-corrected chi connectivity index (χ0v) is 17.5. The van der Waals surface area contributed by atoms with E-state index in [2.05, 4.69) is 30.7 Å². The molecule has 10 nitrogen and oxygen atoms in total. The summed E-state index contributed by atoms with van der Waals surface area (Å²) in [6.45, 7) is 1.29. The van der Waals surface area contributed by atoms with E-state index >= 15 is 0 Å². The first-order valence-corrected chi connectivity index (χ1v) is 9.62. The SMILES string of the molecule is COCCNc1cccc(Nc2cc3nc(-c4cnc(OC)c(OC)c4)ccn3n2)n1. The highest BCUT2D eigenvalue weighted by molar-refractivity contribution is 5.65. The number of nitrogens with zero attached hydrogens (tertiary/aromatic N) is 5. The Hall–Kier alpha value is -3.92. The summed E-state index contributed by atoms with van der Waals surface area (Å²) >= 11 is 0. The van der Waals surface area contributed by atoms with E-state index in [-0.39, 0.29) is 0 Å². The molecule has 0 atom stereocenters. The molecule has 2 N–H and O–H groups in total. The van der Waals surface area contributed by atoms with Crippen molar-refractivity contribution in [2.24, 2.45) is 0 Å². The number of nitrogens with one attached hydrogen (secondary N) is 2. The Morgan fingerprint density at radius 2 is 1.84 bits per heavy atom. The maximum absolute atomic E-state index is 5.33. The predicted molar refractivity (Wildman–Crippen MR) is 117 cm³/mol. The quantitative estimate of drug-likeness (QED) is 0.394. The molecule has 0 bridgehead atoms. The summed E-state index contributed by atoms with van der Waals surface area (Å²) in [5.41, 5.74) is 2.24. The van der Waals surface area contributed by atoms with Crippen molar-refractivity contribution in [2.75, 3.05) is 45.1 Å². The number of fused-ring (bicyclic) bond motifs is 1. The topological polar surface area (TPSA) is 108 Å². The summed E-state index contributed by atoms with van der Waals surface area (Å²) in [5, 5.41) is 10.9. The van der Waals surface area contributed by atoms with Crippen molar-refractivity contribution in [3.8, 4) is 22.9 Å². The Morgan fingerprint density at radius 1 is 0.968 bits per heavy atom. The standard InChI is InChI=1S/C21H23N7O3/c1-29-10-8-22-17-5-4-6-18(25-17)26-19-12-20-24-15(7-9-28(20)27-19)14-11-16(30-2)21(31-3)23-13-14/h4-7,9,11-13H,8,10H2,1-3H3,(H2,22,25,26,27). The number of aromatic nitrogens is 5. The minimum Gasteiger partial charge on any atom is -0.491 e. The van der Waals surface area contributed by atoms with E-state index in [1.807, 2.05) is 42.6 Å². The molecular formula is C21H23N7O3. The second-order valence-electron chi connectivity index (χ2n) is 6.53. The fraction of sp³-hybridized carbons (Fsp3) is 0.238. The zero-order chi connectivity index (χ0) is 21.6. The van der Waals surface area contributed by atoms with E-state index in [1.165, 1.54) is 0 Å². The third-order valence-electron chi connectivity index (χ3n) is 4.47. The first kappa shape index (κ1) is 20.4. The summed E-state index contributed by atoms with van der Waals surface area (Å²) < 4.78 is 17.3. The van der Waals surface area contributed by atoms with Crippen LogP contribution in [0.15, 0.2) is 48.8 Å².